The van der Waals surface area contributed by atoms with Crippen molar-refractivity contribution in [1.82, 2.24) is 14.8 Å². The molecule has 7 nitrogen and oxygen atoms in total. The summed E-state index contributed by atoms with van der Waals surface area (Å²) in [6.07, 6.45) is 2.26. The molecule has 1 aliphatic heterocycles. The number of thioether (sulfide) groups is 1. The number of nitrogens with zero attached hydrogens (tertiary/aromatic N) is 5. The highest BCUT2D eigenvalue weighted by molar-refractivity contribution is 8.00. The summed E-state index contributed by atoms with van der Waals surface area (Å²) in [5.74, 6) is 0.675. The summed E-state index contributed by atoms with van der Waals surface area (Å²) in [4.78, 5) is 17.1. The topological polar surface area (TPSA) is 66.3 Å². The van der Waals surface area contributed by atoms with Crippen LogP contribution in [0.2, 0.25) is 5.02 Å². The third-order valence-electron chi connectivity index (χ3n) is 5.40. The van der Waals surface area contributed by atoms with E-state index < -0.39 is 0 Å². The van der Waals surface area contributed by atoms with Gasteiger partial charge in [-0.1, -0.05) is 35.5 Å². The maximum absolute atomic E-state index is 12.9. The second-order valence-electron chi connectivity index (χ2n) is 7.95. The molecule has 1 unspecified atom stereocenters. The molecule has 1 aromatic heterocycles. The summed E-state index contributed by atoms with van der Waals surface area (Å²) in [5.41, 5.74) is 2.65. The molecule has 1 N–H and O–H groups in total. The Morgan fingerprint density at radius 2 is 1.78 bits per heavy atom. The molecular weight excluding hydrogens is 444 g/mol. The molecule has 1 atom stereocenters. The van der Waals surface area contributed by atoms with Crippen molar-refractivity contribution >= 4 is 46.6 Å². The molecule has 9 heteroatoms. The number of amides is 1. The zero-order valence-electron chi connectivity index (χ0n) is 18.5. The van der Waals surface area contributed by atoms with Gasteiger partial charge in [-0.25, -0.2) is 0 Å². The molecule has 0 aliphatic carbocycles. The van der Waals surface area contributed by atoms with E-state index in [1.165, 1.54) is 11.8 Å². The number of nitrogens with one attached hydrogen (secondary N) is 1. The molecule has 32 heavy (non-hydrogen) atoms. The monoisotopic (exact) mass is 470 g/mol. The molecule has 168 valence electrons. The van der Waals surface area contributed by atoms with E-state index in [1.54, 1.807) is 0 Å². The van der Waals surface area contributed by atoms with E-state index in [2.05, 4.69) is 20.4 Å². The summed E-state index contributed by atoms with van der Waals surface area (Å²) < 4.78 is 1.97. The predicted octanol–water partition coefficient (Wildman–Crippen LogP) is 4.71. The zero-order chi connectivity index (χ0) is 22.7. The first-order chi connectivity index (χ1) is 15.4. The minimum absolute atomic E-state index is 0.0935. The van der Waals surface area contributed by atoms with Gasteiger partial charge >= 0.3 is 0 Å². The van der Waals surface area contributed by atoms with E-state index in [9.17, 15) is 4.79 Å². The molecule has 2 heterocycles. The fourth-order valence-electron chi connectivity index (χ4n) is 3.60. The van der Waals surface area contributed by atoms with Gasteiger partial charge < -0.3 is 15.1 Å². The second-order valence-corrected chi connectivity index (χ2v) is 9.67. The van der Waals surface area contributed by atoms with E-state index in [0.29, 0.717) is 10.2 Å². The maximum Gasteiger partial charge on any atom is 0.237 e. The Morgan fingerprint density at radius 3 is 2.44 bits per heavy atom. The van der Waals surface area contributed by atoms with Crippen molar-refractivity contribution in [3.8, 4) is 5.69 Å². The second kappa shape index (κ2) is 9.83. The normalized spacial score (nSPS) is 14.4. The Bertz CT molecular complexity index is 1080. The van der Waals surface area contributed by atoms with Gasteiger partial charge in [0, 0.05) is 38.6 Å². The summed E-state index contributed by atoms with van der Waals surface area (Å²) in [6, 6.07) is 15.4. The molecule has 0 saturated carbocycles. The lowest BCUT2D eigenvalue weighted by atomic mass is 10.2. The van der Waals surface area contributed by atoms with Gasteiger partial charge in [0.25, 0.3) is 0 Å². The van der Waals surface area contributed by atoms with Crippen molar-refractivity contribution in [2.75, 3.05) is 42.3 Å². The van der Waals surface area contributed by atoms with Gasteiger partial charge in [0.05, 0.1) is 16.0 Å². The lowest BCUT2D eigenvalue weighted by molar-refractivity contribution is -0.115. The average Bonchev–Trinajstić information content (AvgIpc) is 3.44. The minimum atomic E-state index is -0.375. The number of hydrogen-bond acceptors (Lipinski definition) is 6. The summed E-state index contributed by atoms with van der Waals surface area (Å²) in [5, 5.41) is 12.8. The Labute approximate surface area is 197 Å². The lowest BCUT2D eigenvalue weighted by Crippen LogP contribution is -2.24. The van der Waals surface area contributed by atoms with E-state index in [4.69, 9.17) is 11.6 Å². The summed E-state index contributed by atoms with van der Waals surface area (Å²) in [6.45, 7) is 3.74. The van der Waals surface area contributed by atoms with Crippen LogP contribution in [0.4, 0.5) is 17.3 Å². The Hall–Kier alpha value is -2.71. The van der Waals surface area contributed by atoms with Gasteiger partial charge in [0.1, 0.15) is 0 Å². The van der Waals surface area contributed by atoms with Gasteiger partial charge in [-0.2, -0.15) is 0 Å². The summed E-state index contributed by atoms with van der Waals surface area (Å²) >= 11 is 7.89. The molecule has 1 saturated heterocycles. The number of rotatable bonds is 7. The minimum Gasteiger partial charge on any atom is -0.378 e. The standard InChI is InChI=1S/C23H27ClN6OS/c1-16(21(31)25-17-10-12-18(13-11-17)28(2)3)32-23-27-26-22(29-14-6-7-15-29)30(23)20-9-5-4-8-19(20)24/h4-5,8-13,16H,6-7,14-15H2,1-3H3,(H,25,31). The van der Waals surface area contributed by atoms with Crippen LogP contribution in [0.3, 0.4) is 0 Å². The van der Waals surface area contributed by atoms with Crippen molar-refractivity contribution in [3.05, 3.63) is 53.6 Å². The average molecular weight is 471 g/mol. The van der Waals surface area contributed by atoms with Crippen LogP contribution in [0.1, 0.15) is 19.8 Å². The van der Waals surface area contributed by atoms with Gasteiger partial charge in [-0.05, 0) is 56.2 Å². The lowest BCUT2D eigenvalue weighted by Gasteiger charge is -2.20. The first-order valence-electron chi connectivity index (χ1n) is 10.6. The number of hydrogen-bond donors (Lipinski definition) is 1. The zero-order valence-corrected chi connectivity index (χ0v) is 20.0. The van der Waals surface area contributed by atoms with E-state index in [0.717, 1.165) is 48.9 Å². The molecule has 2 aromatic carbocycles. The third-order valence-corrected chi connectivity index (χ3v) is 6.76. The van der Waals surface area contributed by atoms with Crippen LogP contribution >= 0.6 is 23.4 Å². The fourth-order valence-corrected chi connectivity index (χ4v) is 4.68. The van der Waals surface area contributed by atoms with Crippen molar-refractivity contribution in [2.45, 2.75) is 30.2 Å². The highest BCUT2D eigenvalue weighted by Crippen LogP contribution is 2.33. The SMILES string of the molecule is CC(Sc1nnc(N2CCCC2)n1-c1ccccc1Cl)C(=O)Nc1ccc(N(C)C)cc1. The Kier molecular flexibility index (Phi) is 6.91. The Balaban J connectivity index is 1.55. The van der Waals surface area contributed by atoms with Gasteiger partial charge in [0.2, 0.25) is 11.9 Å². The first-order valence-corrected chi connectivity index (χ1v) is 11.9. The molecule has 0 bridgehead atoms. The van der Waals surface area contributed by atoms with Crippen LogP contribution in [0.25, 0.3) is 5.69 Å². The van der Waals surface area contributed by atoms with Gasteiger partial charge in [-0.3, -0.25) is 9.36 Å². The van der Waals surface area contributed by atoms with Crippen molar-refractivity contribution in [2.24, 2.45) is 0 Å². The molecule has 3 aromatic rings. The molecule has 0 radical (unpaired) electrons. The molecule has 1 aliphatic rings. The highest BCUT2D eigenvalue weighted by atomic mass is 35.5. The quantitative estimate of drug-likeness (QED) is 0.504. The van der Waals surface area contributed by atoms with Crippen LogP contribution in [-0.2, 0) is 4.79 Å². The smallest absolute Gasteiger partial charge is 0.237 e. The highest BCUT2D eigenvalue weighted by Gasteiger charge is 2.26. The number of aromatic nitrogens is 3. The van der Waals surface area contributed by atoms with E-state index in [-0.39, 0.29) is 11.2 Å². The Morgan fingerprint density at radius 1 is 1.09 bits per heavy atom. The molecular formula is C23H27ClN6OS. The number of para-hydroxylation sites is 1. The van der Waals surface area contributed by atoms with E-state index >= 15 is 0 Å². The number of benzene rings is 2. The fraction of sp³-hybridized carbons (Fsp3) is 0.348. The van der Waals surface area contributed by atoms with Crippen molar-refractivity contribution in [3.63, 3.8) is 0 Å². The number of carbonyl (C=O) groups is 1. The van der Waals surface area contributed by atoms with Crippen LogP contribution in [0.15, 0.2) is 53.7 Å². The van der Waals surface area contributed by atoms with Crippen molar-refractivity contribution in [1.29, 1.82) is 0 Å². The van der Waals surface area contributed by atoms with Gasteiger partial charge in [0.15, 0.2) is 5.16 Å². The summed E-state index contributed by atoms with van der Waals surface area (Å²) in [7, 11) is 3.97. The van der Waals surface area contributed by atoms with Crippen LogP contribution in [0.5, 0.6) is 0 Å². The number of carbonyl (C=O) groups excluding carboxylic acids is 1. The molecule has 1 amide bonds. The van der Waals surface area contributed by atoms with Gasteiger partial charge in [-0.15, -0.1) is 10.2 Å². The largest absolute Gasteiger partial charge is 0.378 e. The number of halogens is 1. The van der Waals surface area contributed by atoms with Crippen LogP contribution < -0.4 is 15.1 Å². The predicted molar refractivity (Wildman–Crippen MR) is 133 cm³/mol. The van der Waals surface area contributed by atoms with Crippen molar-refractivity contribution < 1.29 is 4.79 Å². The maximum atomic E-state index is 12.9. The third kappa shape index (κ3) is 4.86. The first kappa shape index (κ1) is 22.5. The molecule has 4 rings (SSSR count). The van der Waals surface area contributed by atoms with Crippen LogP contribution in [-0.4, -0.2) is 53.1 Å². The molecule has 0 spiro atoms. The van der Waals surface area contributed by atoms with Crippen LogP contribution in [0, 0.1) is 0 Å². The molecule has 1 fully saturated rings. The van der Waals surface area contributed by atoms with E-state index in [1.807, 2.05) is 79.0 Å². The number of anilines is 3.